The van der Waals surface area contributed by atoms with E-state index in [0.29, 0.717) is 38.2 Å². The lowest BCUT2D eigenvalue weighted by Gasteiger charge is -2.22. The molecule has 0 saturated carbocycles. The Morgan fingerprint density at radius 1 is 0.852 bits per heavy atom. The molecule has 0 aromatic heterocycles. The van der Waals surface area contributed by atoms with Crippen LogP contribution in [0.4, 0.5) is 5.69 Å². The van der Waals surface area contributed by atoms with Gasteiger partial charge in [0.1, 0.15) is 0 Å². The molecular weight excluding hydrogens is 338 g/mol. The SMILES string of the molecule is CN(C)c1ccc(C(=O)N2CCCN(C(=O)Cc3ccccc3)CC2)cc1. The Morgan fingerprint density at radius 2 is 1.48 bits per heavy atom. The molecule has 0 bridgehead atoms. The van der Waals surface area contributed by atoms with Gasteiger partial charge >= 0.3 is 0 Å². The van der Waals surface area contributed by atoms with Gasteiger partial charge in [0.2, 0.25) is 5.91 Å². The number of carbonyl (C=O) groups is 2. The van der Waals surface area contributed by atoms with Crippen molar-refractivity contribution in [2.24, 2.45) is 0 Å². The summed E-state index contributed by atoms with van der Waals surface area (Å²) in [6, 6.07) is 17.5. The molecule has 1 fully saturated rings. The summed E-state index contributed by atoms with van der Waals surface area (Å²) in [7, 11) is 3.96. The largest absolute Gasteiger partial charge is 0.378 e. The summed E-state index contributed by atoms with van der Waals surface area (Å²) >= 11 is 0. The van der Waals surface area contributed by atoms with E-state index in [4.69, 9.17) is 0 Å². The molecule has 5 nitrogen and oxygen atoms in total. The quantitative estimate of drug-likeness (QED) is 0.837. The molecule has 2 amide bonds. The smallest absolute Gasteiger partial charge is 0.253 e. The van der Waals surface area contributed by atoms with Crippen LogP contribution in [0.2, 0.25) is 0 Å². The number of amides is 2. The van der Waals surface area contributed by atoms with Crippen LogP contribution < -0.4 is 4.90 Å². The minimum Gasteiger partial charge on any atom is -0.378 e. The van der Waals surface area contributed by atoms with Gasteiger partial charge in [-0.3, -0.25) is 9.59 Å². The van der Waals surface area contributed by atoms with E-state index >= 15 is 0 Å². The van der Waals surface area contributed by atoms with Crippen LogP contribution in [0.1, 0.15) is 22.3 Å². The topological polar surface area (TPSA) is 43.9 Å². The molecule has 1 saturated heterocycles. The molecule has 0 N–H and O–H groups in total. The fourth-order valence-corrected chi connectivity index (χ4v) is 3.34. The average Bonchev–Trinajstić information content (AvgIpc) is 2.94. The van der Waals surface area contributed by atoms with Crippen LogP contribution in [0.15, 0.2) is 54.6 Å². The van der Waals surface area contributed by atoms with Crippen LogP contribution in [0, 0.1) is 0 Å². The highest BCUT2D eigenvalue weighted by molar-refractivity contribution is 5.94. The monoisotopic (exact) mass is 365 g/mol. The van der Waals surface area contributed by atoms with E-state index in [-0.39, 0.29) is 11.8 Å². The van der Waals surface area contributed by atoms with Crippen molar-refractivity contribution in [2.45, 2.75) is 12.8 Å². The van der Waals surface area contributed by atoms with Crippen molar-refractivity contribution in [1.82, 2.24) is 9.80 Å². The number of nitrogens with zero attached hydrogens (tertiary/aromatic N) is 3. The zero-order valence-corrected chi connectivity index (χ0v) is 16.1. The van der Waals surface area contributed by atoms with Gasteiger partial charge in [-0.05, 0) is 36.2 Å². The Hall–Kier alpha value is -2.82. The zero-order valence-electron chi connectivity index (χ0n) is 16.1. The van der Waals surface area contributed by atoms with Crippen LogP contribution in [0.25, 0.3) is 0 Å². The minimum absolute atomic E-state index is 0.0395. The average molecular weight is 365 g/mol. The van der Waals surface area contributed by atoms with E-state index in [1.165, 1.54) is 0 Å². The molecule has 27 heavy (non-hydrogen) atoms. The van der Waals surface area contributed by atoms with Crippen molar-refractivity contribution in [3.05, 3.63) is 65.7 Å². The molecule has 0 radical (unpaired) electrons. The lowest BCUT2D eigenvalue weighted by Crippen LogP contribution is -2.38. The number of benzene rings is 2. The summed E-state index contributed by atoms with van der Waals surface area (Å²) < 4.78 is 0. The number of hydrogen-bond donors (Lipinski definition) is 0. The Kier molecular flexibility index (Phi) is 6.12. The zero-order chi connectivity index (χ0) is 19.2. The van der Waals surface area contributed by atoms with Crippen LogP contribution >= 0.6 is 0 Å². The molecule has 2 aromatic rings. The number of carbonyl (C=O) groups excluding carboxylic acids is 2. The maximum atomic E-state index is 12.8. The van der Waals surface area contributed by atoms with E-state index < -0.39 is 0 Å². The number of anilines is 1. The predicted molar refractivity (Wildman–Crippen MR) is 108 cm³/mol. The minimum atomic E-state index is 0.0395. The molecule has 1 aliphatic heterocycles. The van der Waals surface area contributed by atoms with Crippen molar-refractivity contribution in [3.8, 4) is 0 Å². The Bertz CT molecular complexity index is 772. The van der Waals surface area contributed by atoms with Crippen molar-refractivity contribution < 1.29 is 9.59 Å². The van der Waals surface area contributed by atoms with Crippen LogP contribution in [0.5, 0.6) is 0 Å². The van der Waals surface area contributed by atoms with Gasteiger partial charge in [-0.1, -0.05) is 30.3 Å². The maximum Gasteiger partial charge on any atom is 0.253 e. The molecule has 3 rings (SSSR count). The molecule has 1 heterocycles. The third-order valence-corrected chi connectivity index (χ3v) is 4.96. The van der Waals surface area contributed by atoms with E-state index in [1.807, 2.05) is 83.4 Å². The molecule has 2 aromatic carbocycles. The van der Waals surface area contributed by atoms with Gasteiger partial charge in [0, 0.05) is 51.5 Å². The highest BCUT2D eigenvalue weighted by Crippen LogP contribution is 2.15. The van der Waals surface area contributed by atoms with Gasteiger partial charge < -0.3 is 14.7 Å². The summed E-state index contributed by atoms with van der Waals surface area (Å²) in [6.45, 7) is 2.56. The lowest BCUT2D eigenvalue weighted by atomic mass is 10.1. The van der Waals surface area contributed by atoms with Gasteiger partial charge in [0.15, 0.2) is 0 Å². The third-order valence-electron chi connectivity index (χ3n) is 4.96. The Morgan fingerprint density at radius 3 is 2.15 bits per heavy atom. The second-order valence-electron chi connectivity index (χ2n) is 7.13. The normalized spacial score (nSPS) is 14.6. The third kappa shape index (κ3) is 4.88. The number of hydrogen-bond acceptors (Lipinski definition) is 3. The van der Waals surface area contributed by atoms with Crippen LogP contribution in [0.3, 0.4) is 0 Å². The first-order valence-corrected chi connectivity index (χ1v) is 9.43. The summed E-state index contributed by atoms with van der Waals surface area (Å²) in [5.41, 5.74) is 2.80. The predicted octanol–water partition coefficient (Wildman–Crippen LogP) is 2.67. The first-order valence-electron chi connectivity index (χ1n) is 9.43. The Balaban J connectivity index is 1.59. The lowest BCUT2D eigenvalue weighted by molar-refractivity contribution is -0.130. The van der Waals surface area contributed by atoms with Crippen molar-refractivity contribution in [1.29, 1.82) is 0 Å². The summed E-state index contributed by atoms with van der Waals surface area (Å²) in [5.74, 6) is 0.170. The second-order valence-corrected chi connectivity index (χ2v) is 7.13. The standard InChI is InChI=1S/C22H27N3O2/c1-23(2)20-11-9-19(10-12-20)22(27)25-14-6-13-24(15-16-25)21(26)17-18-7-4-3-5-8-18/h3-5,7-12H,6,13-17H2,1-2H3. The molecule has 142 valence electrons. The molecule has 0 aliphatic carbocycles. The highest BCUT2D eigenvalue weighted by Gasteiger charge is 2.22. The number of rotatable bonds is 4. The van der Waals surface area contributed by atoms with Crippen molar-refractivity contribution >= 4 is 17.5 Å². The van der Waals surface area contributed by atoms with Crippen molar-refractivity contribution in [3.63, 3.8) is 0 Å². The summed E-state index contributed by atoms with van der Waals surface area (Å²) in [6.07, 6.45) is 1.23. The fourth-order valence-electron chi connectivity index (χ4n) is 3.34. The molecular formula is C22H27N3O2. The molecule has 1 aliphatic rings. The van der Waals surface area contributed by atoms with Gasteiger partial charge in [0.25, 0.3) is 5.91 Å². The van der Waals surface area contributed by atoms with E-state index in [2.05, 4.69) is 0 Å². The first kappa shape index (κ1) is 19.0. The molecule has 0 atom stereocenters. The van der Waals surface area contributed by atoms with Crippen molar-refractivity contribution in [2.75, 3.05) is 45.2 Å². The summed E-state index contributed by atoms with van der Waals surface area (Å²) in [4.78, 5) is 31.2. The van der Waals surface area contributed by atoms with Crippen LogP contribution in [-0.2, 0) is 11.2 Å². The van der Waals surface area contributed by atoms with Gasteiger partial charge in [-0.15, -0.1) is 0 Å². The second kappa shape index (κ2) is 8.71. The molecule has 5 heteroatoms. The highest BCUT2D eigenvalue weighted by atomic mass is 16.2. The first-order chi connectivity index (χ1) is 13.0. The summed E-state index contributed by atoms with van der Waals surface area (Å²) in [5, 5.41) is 0. The fraction of sp³-hybridized carbons (Fsp3) is 0.364. The van der Waals surface area contributed by atoms with Gasteiger partial charge in [-0.25, -0.2) is 0 Å². The van der Waals surface area contributed by atoms with Gasteiger partial charge in [-0.2, -0.15) is 0 Å². The maximum absolute atomic E-state index is 12.8. The molecule has 0 spiro atoms. The van der Waals surface area contributed by atoms with E-state index in [1.54, 1.807) is 0 Å². The molecule has 0 unspecified atom stereocenters. The van der Waals surface area contributed by atoms with Crippen LogP contribution in [-0.4, -0.2) is 61.9 Å². The Labute approximate surface area is 161 Å². The van der Waals surface area contributed by atoms with E-state index in [0.717, 1.165) is 17.7 Å². The van der Waals surface area contributed by atoms with Gasteiger partial charge in [0.05, 0.1) is 6.42 Å². The van der Waals surface area contributed by atoms with E-state index in [9.17, 15) is 9.59 Å².